The van der Waals surface area contributed by atoms with E-state index in [0.29, 0.717) is 23.5 Å². The minimum atomic E-state index is -0.219. The molecule has 4 N–H and O–H groups in total. The molecule has 0 saturated heterocycles. The number of imidazole rings is 1. The molecule has 3 heterocycles. The molecule has 0 aliphatic carbocycles. The van der Waals surface area contributed by atoms with Crippen molar-refractivity contribution in [2.75, 3.05) is 43.7 Å². The number of carbonyl (C=O) groups is 1. The van der Waals surface area contributed by atoms with Gasteiger partial charge < -0.3 is 21.1 Å². The highest BCUT2D eigenvalue weighted by atomic mass is 32.1. The predicted molar refractivity (Wildman–Crippen MR) is 153 cm³/mol. The molecular formula is C28H29N7O2S. The monoisotopic (exact) mass is 527 g/mol. The number of nitrogens with zero attached hydrogens (tertiary/aromatic N) is 4. The Bertz CT molecular complexity index is 1540. The SMILES string of the molecule is COCCN(C)Cc1ccn2c(-c3cnc(Nc4ccc(C(=O)Nc5ccccc5N)cc4)s3)cnc2c1. The number of nitrogens with one attached hydrogen (secondary N) is 2. The van der Waals surface area contributed by atoms with Crippen LogP contribution in [0.15, 0.2) is 79.3 Å². The smallest absolute Gasteiger partial charge is 0.255 e. The fraction of sp³-hybridized carbons (Fsp3) is 0.179. The molecule has 0 aliphatic heterocycles. The summed E-state index contributed by atoms with van der Waals surface area (Å²) in [5.41, 5.74) is 11.5. The normalized spacial score (nSPS) is 11.2. The first-order valence-electron chi connectivity index (χ1n) is 12.1. The Labute approximate surface area is 224 Å². The van der Waals surface area contributed by atoms with E-state index in [4.69, 9.17) is 10.5 Å². The first kappa shape index (κ1) is 25.4. The lowest BCUT2D eigenvalue weighted by Gasteiger charge is -2.16. The summed E-state index contributed by atoms with van der Waals surface area (Å²) in [6.07, 6.45) is 5.77. The quantitative estimate of drug-likeness (QED) is 0.216. The molecular weight excluding hydrogens is 498 g/mol. The summed E-state index contributed by atoms with van der Waals surface area (Å²) in [4.78, 5) is 25.0. The number of methoxy groups -OCH3 is 1. The van der Waals surface area contributed by atoms with Gasteiger partial charge in [-0.25, -0.2) is 9.97 Å². The van der Waals surface area contributed by atoms with Gasteiger partial charge in [-0.1, -0.05) is 23.5 Å². The molecule has 0 unspecified atom stereocenters. The lowest BCUT2D eigenvalue weighted by molar-refractivity contribution is 0.102. The van der Waals surface area contributed by atoms with E-state index < -0.39 is 0 Å². The van der Waals surface area contributed by atoms with Crippen LogP contribution in [0.1, 0.15) is 15.9 Å². The molecule has 1 amide bonds. The Kier molecular flexibility index (Phi) is 7.64. The molecule has 0 spiro atoms. The van der Waals surface area contributed by atoms with E-state index in [9.17, 15) is 4.79 Å². The molecule has 0 saturated carbocycles. The molecule has 9 nitrogen and oxygen atoms in total. The van der Waals surface area contributed by atoms with Gasteiger partial charge in [0, 0.05) is 43.8 Å². The second kappa shape index (κ2) is 11.4. The van der Waals surface area contributed by atoms with Gasteiger partial charge in [0.2, 0.25) is 0 Å². The number of benzene rings is 2. The number of ether oxygens (including phenoxy) is 1. The Balaban J connectivity index is 1.24. The fourth-order valence-electron chi connectivity index (χ4n) is 4.03. The zero-order valence-corrected chi connectivity index (χ0v) is 22.0. The van der Waals surface area contributed by atoms with Crippen molar-refractivity contribution in [2.24, 2.45) is 0 Å². The molecule has 0 fully saturated rings. The number of para-hydroxylation sites is 2. The zero-order chi connectivity index (χ0) is 26.5. The molecule has 0 atom stereocenters. The Morgan fingerprint density at radius 1 is 1.11 bits per heavy atom. The molecule has 0 aliphatic rings. The van der Waals surface area contributed by atoms with Gasteiger partial charge >= 0.3 is 0 Å². The average Bonchev–Trinajstić information content (AvgIpc) is 3.55. The number of likely N-dealkylation sites (N-methyl/N-ethyl adjacent to an activating group) is 1. The number of hydrogen-bond acceptors (Lipinski definition) is 8. The van der Waals surface area contributed by atoms with Crippen LogP contribution in [0.2, 0.25) is 0 Å². The third-order valence-electron chi connectivity index (χ3n) is 6.07. The summed E-state index contributed by atoms with van der Waals surface area (Å²) in [6, 6.07) is 18.6. The van der Waals surface area contributed by atoms with E-state index >= 15 is 0 Å². The van der Waals surface area contributed by atoms with Gasteiger partial charge in [0.25, 0.3) is 5.91 Å². The van der Waals surface area contributed by atoms with Crippen LogP contribution in [0.3, 0.4) is 0 Å². The van der Waals surface area contributed by atoms with Crippen molar-refractivity contribution in [1.82, 2.24) is 19.3 Å². The van der Waals surface area contributed by atoms with Gasteiger partial charge in [-0.05, 0) is 61.1 Å². The lowest BCUT2D eigenvalue weighted by Crippen LogP contribution is -2.22. The van der Waals surface area contributed by atoms with Crippen LogP contribution in [0.4, 0.5) is 22.2 Å². The topological polar surface area (TPSA) is 110 Å². The first-order chi connectivity index (χ1) is 18.5. The third kappa shape index (κ3) is 5.83. The maximum atomic E-state index is 12.6. The summed E-state index contributed by atoms with van der Waals surface area (Å²) in [7, 11) is 3.79. The average molecular weight is 528 g/mol. The number of fused-ring (bicyclic) bond motifs is 1. The van der Waals surface area contributed by atoms with E-state index in [1.807, 2.05) is 36.7 Å². The number of hydrogen-bond donors (Lipinski definition) is 3. The predicted octanol–water partition coefficient (Wildman–Crippen LogP) is 5.11. The maximum absolute atomic E-state index is 12.6. The van der Waals surface area contributed by atoms with Crippen LogP contribution in [-0.2, 0) is 11.3 Å². The van der Waals surface area contributed by atoms with Gasteiger partial charge in [-0.15, -0.1) is 0 Å². The first-order valence-corrected chi connectivity index (χ1v) is 12.9. The Morgan fingerprint density at radius 3 is 2.71 bits per heavy atom. The summed E-state index contributed by atoms with van der Waals surface area (Å²) < 4.78 is 7.23. The minimum Gasteiger partial charge on any atom is -0.397 e. The number of rotatable bonds is 10. The molecule has 2 aromatic carbocycles. The third-order valence-corrected chi connectivity index (χ3v) is 7.01. The van der Waals surface area contributed by atoms with Crippen molar-refractivity contribution in [1.29, 1.82) is 0 Å². The lowest BCUT2D eigenvalue weighted by atomic mass is 10.2. The number of aromatic nitrogens is 3. The van der Waals surface area contributed by atoms with E-state index in [1.54, 1.807) is 31.4 Å². The Hall–Kier alpha value is -4.25. The number of thiazole rings is 1. The molecule has 194 valence electrons. The molecule has 3 aromatic heterocycles. The van der Waals surface area contributed by atoms with Crippen LogP contribution in [-0.4, -0.2) is 52.5 Å². The van der Waals surface area contributed by atoms with Gasteiger partial charge in [0.15, 0.2) is 5.13 Å². The van der Waals surface area contributed by atoms with Crippen molar-refractivity contribution in [2.45, 2.75) is 6.54 Å². The van der Waals surface area contributed by atoms with E-state index in [1.165, 1.54) is 16.9 Å². The molecule has 10 heteroatoms. The number of nitrogen functional groups attached to an aromatic ring is 1. The number of amides is 1. The fourth-order valence-corrected chi connectivity index (χ4v) is 4.87. The minimum absolute atomic E-state index is 0.219. The van der Waals surface area contributed by atoms with E-state index in [-0.39, 0.29) is 5.91 Å². The van der Waals surface area contributed by atoms with Crippen molar-refractivity contribution in [3.8, 4) is 10.6 Å². The molecule has 0 radical (unpaired) electrons. The summed E-state index contributed by atoms with van der Waals surface area (Å²) in [5.74, 6) is -0.219. The van der Waals surface area contributed by atoms with Crippen molar-refractivity contribution in [3.05, 3.63) is 90.4 Å². The molecule has 5 rings (SSSR count). The van der Waals surface area contributed by atoms with Gasteiger partial charge in [0.05, 0.1) is 34.7 Å². The van der Waals surface area contributed by atoms with Gasteiger partial charge in [0.1, 0.15) is 5.65 Å². The Morgan fingerprint density at radius 2 is 1.92 bits per heavy atom. The standard InChI is InChI=1S/C28H29N7O2S/c1-34(13-14-37-2)18-19-11-12-35-24(16-30-26(35)15-19)25-17-31-28(38-25)32-21-9-7-20(8-10-21)27(36)33-23-6-4-3-5-22(23)29/h3-12,15-17H,13-14,18,29H2,1-2H3,(H,31,32)(H,33,36). The molecule has 5 aromatic rings. The van der Waals surface area contributed by atoms with E-state index in [2.05, 4.69) is 55.3 Å². The highest BCUT2D eigenvalue weighted by Crippen LogP contribution is 2.31. The number of anilines is 4. The largest absolute Gasteiger partial charge is 0.397 e. The second-order valence-corrected chi connectivity index (χ2v) is 9.94. The second-order valence-electron chi connectivity index (χ2n) is 8.91. The van der Waals surface area contributed by atoms with E-state index in [0.717, 1.165) is 40.1 Å². The summed E-state index contributed by atoms with van der Waals surface area (Å²) >= 11 is 1.54. The summed E-state index contributed by atoms with van der Waals surface area (Å²) in [5, 5.41) is 6.91. The van der Waals surface area contributed by atoms with Crippen LogP contribution in [0.25, 0.3) is 16.2 Å². The number of pyridine rings is 1. The van der Waals surface area contributed by atoms with Crippen LogP contribution >= 0.6 is 11.3 Å². The van der Waals surface area contributed by atoms with Crippen LogP contribution < -0.4 is 16.4 Å². The van der Waals surface area contributed by atoms with Crippen LogP contribution in [0, 0.1) is 0 Å². The summed E-state index contributed by atoms with van der Waals surface area (Å²) in [6.45, 7) is 2.41. The number of carbonyl (C=O) groups excluding carboxylic acids is 1. The van der Waals surface area contributed by atoms with Gasteiger partial charge in [-0.3, -0.25) is 14.1 Å². The number of nitrogens with two attached hydrogens (primary N) is 1. The molecule has 0 bridgehead atoms. The zero-order valence-electron chi connectivity index (χ0n) is 21.2. The molecule has 38 heavy (non-hydrogen) atoms. The van der Waals surface area contributed by atoms with Crippen LogP contribution in [0.5, 0.6) is 0 Å². The highest BCUT2D eigenvalue weighted by molar-refractivity contribution is 7.18. The highest BCUT2D eigenvalue weighted by Gasteiger charge is 2.12. The van der Waals surface area contributed by atoms with Crippen molar-refractivity contribution in [3.63, 3.8) is 0 Å². The van der Waals surface area contributed by atoms with Crippen molar-refractivity contribution < 1.29 is 9.53 Å². The van der Waals surface area contributed by atoms with Gasteiger partial charge in [-0.2, -0.15) is 0 Å². The van der Waals surface area contributed by atoms with Crippen molar-refractivity contribution >= 4 is 45.1 Å². The maximum Gasteiger partial charge on any atom is 0.255 e.